The number of benzene rings is 1. The predicted molar refractivity (Wildman–Crippen MR) is 136 cm³/mol. The Bertz CT molecular complexity index is 1120. The fraction of sp³-hybridized carbons (Fsp3) is 0.577. The molecule has 2 fully saturated rings. The summed E-state index contributed by atoms with van der Waals surface area (Å²) in [6.07, 6.45) is 3.40. The molecule has 0 radical (unpaired) electrons. The van der Waals surface area contributed by atoms with Crippen LogP contribution in [0.25, 0.3) is 0 Å². The van der Waals surface area contributed by atoms with Crippen LogP contribution in [0.5, 0.6) is 0 Å². The summed E-state index contributed by atoms with van der Waals surface area (Å²) in [4.78, 5) is 26.8. The van der Waals surface area contributed by atoms with E-state index in [-0.39, 0.29) is 29.2 Å². The zero-order chi connectivity index (χ0) is 24.9. The number of nitrogens with zero attached hydrogens (tertiary/aromatic N) is 4. The topological polar surface area (TPSA) is 81.6 Å². The van der Waals surface area contributed by atoms with Gasteiger partial charge >= 0.3 is 0 Å². The maximum Gasteiger partial charge on any atom is 0.231 e. The van der Waals surface area contributed by atoms with Gasteiger partial charge in [0.05, 0.1) is 17.7 Å². The van der Waals surface area contributed by atoms with E-state index in [1.54, 1.807) is 6.07 Å². The second-order valence-electron chi connectivity index (χ2n) is 10.8. The van der Waals surface area contributed by atoms with Crippen LogP contribution in [0.4, 0.5) is 10.2 Å². The number of anilines is 1. The fourth-order valence-electron chi connectivity index (χ4n) is 5.98. The van der Waals surface area contributed by atoms with E-state index in [2.05, 4.69) is 56.9 Å². The second-order valence-corrected chi connectivity index (χ2v) is 11.7. The minimum Gasteiger partial charge on any atom is -0.387 e. The number of aliphatic hydroxyl groups is 1. The lowest BCUT2D eigenvalue weighted by Gasteiger charge is -2.39. The first-order valence-electron chi connectivity index (χ1n) is 12.4. The lowest BCUT2D eigenvalue weighted by molar-refractivity contribution is -0.133. The predicted octanol–water partition coefficient (Wildman–Crippen LogP) is 3.88. The van der Waals surface area contributed by atoms with Crippen molar-refractivity contribution in [1.82, 2.24) is 20.2 Å². The van der Waals surface area contributed by atoms with E-state index in [0.29, 0.717) is 42.6 Å². The number of amides is 1. The highest BCUT2D eigenvalue weighted by molar-refractivity contribution is 9.10. The number of hydrogen-bond acceptors (Lipinski definition) is 6. The highest BCUT2D eigenvalue weighted by Gasteiger charge is 2.42. The van der Waals surface area contributed by atoms with Crippen LogP contribution in [0, 0.1) is 5.82 Å². The van der Waals surface area contributed by atoms with Crippen molar-refractivity contribution in [3.63, 3.8) is 0 Å². The lowest BCUT2D eigenvalue weighted by Crippen LogP contribution is -2.53. The summed E-state index contributed by atoms with van der Waals surface area (Å²) in [6, 6.07) is 4.88. The SMILES string of the molecule is C[C@@H]1C[C@@H](O)c2ncnc(N3CCN(C(=O)C(c4ccc(Br)cc4F)C4CCC(C)(C)N4)CC3)c21. The van der Waals surface area contributed by atoms with Gasteiger partial charge in [0, 0.05) is 53.4 Å². The van der Waals surface area contributed by atoms with Gasteiger partial charge in [-0.1, -0.05) is 28.9 Å². The third kappa shape index (κ3) is 4.70. The van der Waals surface area contributed by atoms with Crippen molar-refractivity contribution >= 4 is 27.7 Å². The summed E-state index contributed by atoms with van der Waals surface area (Å²) < 4.78 is 15.7. The molecule has 2 N–H and O–H groups in total. The zero-order valence-electron chi connectivity index (χ0n) is 20.5. The summed E-state index contributed by atoms with van der Waals surface area (Å²) in [5.74, 6) is 0.0953. The van der Waals surface area contributed by atoms with Crippen LogP contribution in [0.15, 0.2) is 29.0 Å². The molecule has 2 saturated heterocycles. The number of nitrogens with one attached hydrogen (secondary N) is 1. The van der Waals surface area contributed by atoms with Gasteiger partial charge in [0.2, 0.25) is 5.91 Å². The van der Waals surface area contributed by atoms with E-state index in [4.69, 9.17) is 0 Å². The highest BCUT2D eigenvalue weighted by atomic mass is 79.9. The van der Waals surface area contributed by atoms with Gasteiger partial charge in [0.25, 0.3) is 0 Å². The number of carbonyl (C=O) groups excluding carboxylic acids is 1. The molecule has 9 heteroatoms. The molecule has 1 amide bonds. The van der Waals surface area contributed by atoms with Crippen molar-refractivity contribution in [2.24, 2.45) is 0 Å². The molecule has 35 heavy (non-hydrogen) atoms. The Balaban J connectivity index is 1.36. The normalized spacial score (nSPS) is 26.6. The Labute approximate surface area is 214 Å². The van der Waals surface area contributed by atoms with Gasteiger partial charge in [-0.25, -0.2) is 14.4 Å². The van der Waals surface area contributed by atoms with Gasteiger partial charge in [0.1, 0.15) is 18.0 Å². The number of piperazine rings is 1. The highest BCUT2D eigenvalue weighted by Crippen LogP contribution is 2.43. The number of aliphatic hydroxyl groups excluding tert-OH is 1. The Morgan fingerprint density at radius 3 is 2.66 bits per heavy atom. The Morgan fingerprint density at radius 2 is 2.00 bits per heavy atom. The van der Waals surface area contributed by atoms with E-state index in [1.807, 2.05) is 11.0 Å². The Hall–Kier alpha value is -2.10. The van der Waals surface area contributed by atoms with Crippen LogP contribution < -0.4 is 10.2 Å². The third-order valence-electron chi connectivity index (χ3n) is 7.79. The molecule has 2 aromatic rings. The smallest absolute Gasteiger partial charge is 0.231 e. The van der Waals surface area contributed by atoms with Crippen LogP contribution in [0.2, 0.25) is 0 Å². The third-order valence-corrected chi connectivity index (χ3v) is 8.29. The molecule has 4 atom stereocenters. The molecule has 0 spiro atoms. The molecule has 7 nitrogen and oxygen atoms in total. The zero-order valence-corrected chi connectivity index (χ0v) is 22.1. The monoisotopic (exact) mass is 545 g/mol. The van der Waals surface area contributed by atoms with Gasteiger partial charge in [-0.15, -0.1) is 0 Å². The van der Waals surface area contributed by atoms with Gasteiger partial charge in [0.15, 0.2) is 0 Å². The van der Waals surface area contributed by atoms with Crippen LogP contribution in [0.1, 0.15) is 74.8 Å². The van der Waals surface area contributed by atoms with E-state index in [9.17, 15) is 9.90 Å². The molecule has 0 bridgehead atoms. The molecule has 1 aromatic carbocycles. The molecule has 5 rings (SSSR count). The number of carbonyl (C=O) groups is 1. The average Bonchev–Trinajstić information content (AvgIpc) is 3.33. The van der Waals surface area contributed by atoms with E-state index >= 15 is 4.39 Å². The first-order chi connectivity index (χ1) is 16.6. The van der Waals surface area contributed by atoms with Crippen molar-refractivity contribution in [2.75, 3.05) is 31.1 Å². The molecular weight excluding hydrogens is 513 g/mol. The van der Waals surface area contributed by atoms with Crippen molar-refractivity contribution in [3.8, 4) is 0 Å². The van der Waals surface area contributed by atoms with Gasteiger partial charge in [-0.05, 0) is 51.2 Å². The van der Waals surface area contributed by atoms with Crippen LogP contribution in [-0.4, -0.2) is 63.6 Å². The minimum absolute atomic E-state index is 0.0298. The van der Waals surface area contributed by atoms with Gasteiger partial charge in [-0.2, -0.15) is 0 Å². The number of hydrogen-bond donors (Lipinski definition) is 2. The van der Waals surface area contributed by atoms with Crippen molar-refractivity contribution in [1.29, 1.82) is 0 Å². The molecule has 3 heterocycles. The standard InChI is InChI=1S/C26H33BrFN5O2/c1-15-12-20(34)23-21(15)24(30-14-29-23)32-8-10-33(11-9-32)25(35)22(19-6-7-26(2,3)31-19)17-5-4-16(27)13-18(17)28/h4-5,13-15,19-20,22,31,34H,6-12H2,1-3H3/t15-,19?,20-,22?/m1/s1. The molecular formula is C26H33BrFN5O2. The summed E-state index contributed by atoms with van der Waals surface area (Å²) >= 11 is 3.34. The van der Waals surface area contributed by atoms with Gasteiger partial charge < -0.3 is 20.2 Å². The van der Waals surface area contributed by atoms with E-state index in [1.165, 1.54) is 12.4 Å². The van der Waals surface area contributed by atoms with Crippen molar-refractivity contribution < 1.29 is 14.3 Å². The summed E-state index contributed by atoms with van der Waals surface area (Å²) in [6.45, 7) is 8.70. The molecule has 2 unspecified atom stereocenters. The molecule has 188 valence electrons. The molecule has 1 aliphatic carbocycles. The first kappa shape index (κ1) is 24.6. The van der Waals surface area contributed by atoms with Crippen LogP contribution in [0.3, 0.4) is 0 Å². The summed E-state index contributed by atoms with van der Waals surface area (Å²) in [5.41, 5.74) is 2.11. The molecule has 2 aliphatic heterocycles. The second kappa shape index (κ2) is 9.41. The van der Waals surface area contributed by atoms with Crippen molar-refractivity contribution in [2.45, 2.75) is 69.6 Å². The van der Waals surface area contributed by atoms with E-state index < -0.39 is 12.0 Å². The molecule has 3 aliphatic rings. The Morgan fingerprint density at radius 1 is 1.26 bits per heavy atom. The number of aromatic nitrogens is 2. The fourth-order valence-corrected chi connectivity index (χ4v) is 6.31. The number of rotatable bonds is 4. The first-order valence-corrected chi connectivity index (χ1v) is 13.2. The van der Waals surface area contributed by atoms with E-state index in [0.717, 1.165) is 29.9 Å². The largest absolute Gasteiger partial charge is 0.387 e. The maximum absolute atomic E-state index is 15.1. The average molecular weight is 546 g/mol. The quantitative estimate of drug-likeness (QED) is 0.606. The van der Waals surface area contributed by atoms with Crippen molar-refractivity contribution in [3.05, 3.63) is 51.6 Å². The van der Waals surface area contributed by atoms with Crippen LogP contribution >= 0.6 is 15.9 Å². The lowest BCUT2D eigenvalue weighted by atomic mass is 9.88. The molecule has 0 saturated carbocycles. The summed E-state index contributed by atoms with van der Waals surface area (Å²) in [7, 11) is 0. The van der Waals surface area contributed by atoms with Gasteiger partial charge in [-0.3, -0.25) is 4.79 Å². The Kier molecular flexibility index (Phi) is 6.61. The summed E-state index contributed by atoms with van der Waals surface area (Å²) in [5, 5.41) is 13.9. The molecule has 1 aromatic heterocycles. The maximum atomic E-state index is 15.1. The number of halogens is 2. The number of fused-ring (bicyclic) bond motifs is 1. The minimum atomic E-state index is -0.574. The van der Waals surface area contributed by atoms with Crippen LogP contribution in [-0.2, 0) is 4.79 Å².